The number of halogens is 2. The standard InChI is InChI=1S/C41H42F2N10O4S/c1-23(2)53-24(3)46-38-29(42)17-26(18-32(38)53)37-30(43)20-45-41(49-37)47-34-9-7-25(19-44-34)21-50-12-14-51(15-13-50)36(55)11-16-58-33-6-4-5-27-28(33)22-52(40(27)57)31-8-10-35(54)48-39(31)56/h4-7,9,17-20,23,31H,8,10-16,21-22H2,1-3H3,(H,48,54,56)(H,44,45,47,49). The Kier molecular flexibility index (Phi) is 10.9. The van der Waals surface area contributed by atoms with Gasteiger partial charge in [-0.05, 0) is 68.7 Å². The van der Waals surface area contributed by atoms with Crippen molar-refractivity contribution in [3.8, 4) is 11.3 Å². The van der Waals surface area contributed by atoms with Crippen LogP contribution < -0.4 is 10.6 Å². The summed E-state index contributed by atoms with van der Waals surface area (Å²) in [7, 11) is 0. The van der Waals surface area contributed by atoms with Gasteiger partial charge in [0.25, 0.3) is 5.91 Å². The molecule has 17 heteroatoms. The lowest BCUT2D eigenvalue weighted by molar-refractivity contribution is -0.137. The van der Waals surface area contributed by atoms with Crippen molar-refractivity contribution < 1.29 is 28.0 Å². The first-order valence-corrected chi connectivity index (χ1v) is 20.2. The van der Waals surface area contributed by atoms with Crippen LogP contribution in [0.15, 0.2) is 59.8 Å². The minimum absolute atomic E-state index is 0.0269. The Morgan fingerprint density at radius 3 is 2.55 bits per heavy atom. The predicted octanol–water partition coefficient (Wildman–Crippen LogP) is 5.39. The van der Waals surface area contributed by atoms with Gasteiger partial charge >= 0.3 is 0 Å². The number of hydrogen-bond acceptors (Lipinski definition) is 11. The molecule has 0 radical (unpaired) electrons. The number of thioether (sulfide) groups is 1. The summed E-state index contributed by atoms with van der Waals surface area (Å²) < 4.78 is 32.0. The maximum Gasteiger partial charge on any atom is 0.255 e. The number of amides is 4. The minimum atomic E-state index is -0.684. The fourth-order valence-electron chi connectivity index (χ4n) is 7.91. The average Bonchev–Trinajstić information content (AvgIpc) is 3.73. The molecular formula is C41H42F2N10O4S. The molecule has 0 saturated carbocycles. The first-order valence-electron chi connectivity index (χ1n) is 19.3. The molecule has 8 rings (SSSR count). The van der Waals surface area contributed by atoms with Crippen molar-refractivity contribution in [2.45, 2.75) is 70.1 Å². The molecule has 1 atom stereocenters. The van der Waals surface area contributed by atoms with Crippen molar-refractivity contribution in [2.24, 2.45) is 0 Å². The number of piperidine rings is 1. The second-order valence-electron chi connectivity index (χ2n) is 15.0. The molecule has 14 nitrogen and oxygen atoms in total. The van der Waals surface area contributed by atoms with Crippen LogP contribution in [0.25, 0.3) is 22.3 Å². The second-order valence-corrected chi connectivity index (χ2v) is 16.1. The summed E-state index contributed by atoms with van der Waals surface area (Å²) in [6, 6.07) is 11.5. The lowest BCUT2D eigenvalue weighted by atomic mass is 10.0. The Labute approximate surface area is 337 Å². The lowest BCUT2D eigenvalue weighted by Gasteiger charge is -2.34. The average molecular weight is 809 g/mol. The summed E-state index contributed by atoms with van der Waals surface area (Å²) in [5, 5.41) is 5.36. The Balaban J connectivity index is 0.816. The van der Waals surface area contributed by atoms with Gasteiger partial charge < -0.3 is 19.7 Å². The predicted molar refractivity (Wildman–Crippen MR) is 213 cm³/mol. The molecule has 6 heterocycles. The minimum Gasteiger partial charge on any atom is -0.340 e. The van der Waals surface area contributed by atoms with Crippen LogP contribution in [-0.4, -0.2) is 101 Å². The molecule has 2 saturated heterocycles. The molecule has 2 N–H and O–H groups in total. The maximum absolute atomic E-state index is 15.1. The van der Waals surface area contributed by atoms with Crippen LogP contribution in [0.4, 0.5) is 20.5 Å². The van der Waals surface area contributed by atoms with E-state index in [1.54, 1.807) is 29.3 Å². The van der Waals surface area contributed by atoms with Crippen molar-refractivity contribution in [2.75, 3.05) is 37.2 Å². The SMILES string of the molecule is Cc1nc2c(F)cc(-c3nc(Nc4ccc(CN5CCN(C(=O)CCSc6cccc7c6CN(C6CCC(=O)NC6=O)C7=O)CC5)cn4)ncc3F)cc2n1C(C)C. The van der Waals surface area contributed by atoms with Crippen molar-refractivity contribution in [1.29, 1.82) is 0 Å². The summed E-state index contributed by atoms with van der Waals surface area (Å²) in [4.78, 5) is 74.3. The Morgan fingerprint density at radius 1 is 1.00 bits per heavy atom. The first kappa shape index (κ1) is 39.0. The van der Waals surface area contributed by atoms with Gasteiger partial charge in [0.15, 0.2) is 11.6 Å². The molecular weight excluding hydrogens is 767 g/mol. The fraction of sp³-hybridized carbons (Fsp3) is 0.366. The van der Waals surface area contributed by atoms with Gasteiger partial charge in [-0.3, -0.25) is 29.4 Å². The van der Waals surface area contributed by atoms with E-state index in [0.717, 1.165) is 22.2 Å². The summed E-state index contributed by atoms with van der Waals surface area (Å²) >= 11 is 1.53. The molecule has 5 aromatic rings. The smallest absolute Gasteiger partial charge is 0.255 e. The molecule has 1 unspecified atom stereocenters. The van der Waals surface area contributed by atoms with Crippen LogP contribution in [0.1, 0.15) is 66.5 Å². The number of carbonyl (C=O) groups excluding carboxylic acids is 4. The number of imidazole rings is 1. The van der Waals surface area contributed by atoms with E-state index in [9.17, 15) is 19.2 Å². The first-order chi connectivity index (χ1) is 27.9. The molecule has 3 aromatic heterocycles. The van der Waals surface area contributed by atoms with Crippen molar-refractivity contribution in [3.63, 3.8) is 0 Å². The van der Waals surface area contributed by atoms with Gasteiger partial charge in [-0.2, -0.15) is 0 Å². The highest BCUT2D eigenvalue weighted by Crippen LogP contribution is 2.35. The van der Waals surface area contributed by atoms with Crippen molar-refractivity contribution >= 4 is 58.2 Å². The second kappa shape index (κ2) is 16.2. The number of fused-ring (bicyclic) bond motifs is 2. The van der Waals surface area contributed by atoms with E-state index in [0.29, 0.717) is 80.6 Å². The van der Waals surface area contributed by atoms with Crippen LogP contribution in [-0.2, 0) is 27.5 Å². The Morgan fingerprint density at radius 2 is 1.81 bits per heavy atom. The lowest BCUT2D eigenvalue weighted by Crippen LogP contribution is -2.52. The van der Waals surface area contributed by atoms with Crippen LogP contribution in [0.2, 0.25) is 0 Å². The molecule has 2 aromatic carbocycles. The van der Waals surface area contributed by atoms with E-state index in [1.165, 1.54) is 17.8 Å². The van der Waals surface area contributed by atoms with Crippen LogP contribution >= 0.6 is 11.8 Å². The van der Waals surface area contributed by atoms with E-state index in [-0.39, 0.29) is 52.9 Å². The summed E-state index contributed by atoms with van der Waals surface area (Å²) in [6.07, 6.45) is 3.66. The molecule has 0 spiro atoms. The molecule has 3 aliphatic rings. The van der Waals surface area contributed by atoms with Crippen molar-refractivity contribution in [3.05, 3.63) is 89.0 Å². The molecule has 0 bridgehead atoms. The van der Waals surface area contributed by atoms with E-state index in [1.807, 2.05) is 48.4 Å². The molecule has 3 aliphatic heterocycles. The number of pyridine rings is 1. The van der Waals surface area contributed by atoms with Crippen LogP contribution in [0.5, 0.6) is 0 Å². The Bertz CT molecular complexity index is 2430. The van der Waals surface area contributed by atoms with E-state index >= 15 is 8.78 Å². The van der Waals surface area contributed by atoms with Gasteiger partial charge in [0.1, 0.15) is 28.9 Å². The quantitative estimate of drug-likeness (QED) is 0.130. The highest BCUT2D eigenvalue weighted by Gasteiger charge is 2.40. The number of nitrogens with one attached hydrogen (secondary N) is 2. The molecule has 300 valence electrons. The van der Waals surface area contributed by atoms with E-state index < -0.39 is 23.6 Å². The molecule has 58 heavy (non-hydrogen) atoms. The third kappa shape index (κ3) is 7.87. The zero-order valence-electron chi connectivity index (χ0n) is 32.3. The molecule has 0 aliphatic carbocycles. The normalized spacial score (nSPS) is 17.3. The number of piperazine rings is 1. The van der Waals surface area contributed by atoms with Crippen molar-refractivity contribution in [1.82, 2.24) is 44.5 Å². The maximum atomic E-state index is 15.1. The zero-order valence-corrected chi connectivity index (χ0v) is 33.1. The van der Waals surface area contributed by atoms with Gasteiger partial charge in [0, 0.05) is 86.1 Å². The zero-order chi connectivity index (χ0) is 40.7. The van der Waals surface area contributed by atoms with Gasteiger partial charge in [0.2, 0.25) is 23.7 Å². The van der Waals surface area contributed by atoms with Gasteiger partial charge in [-0.25, -0.2) is 28.7 Å². The number of aryl methyl sites for hydroxylation is 1. The van der Waals surface area contributed by atoms with Crippen LogP contribution in [0, 0.1) is 18.6 Å². The highest BCUT2D eigenvalue weighted by molar-refractivity contribution is 7.99. The van der Waals surface area contributed by atoms with Crippen LogP contribution in [0.3, 0.4) is 0 Å². The number of aromatic nitrogens is 5. The topological polar surface area (TPSA) is 159 Å². The number of imide groups is 1. The van der Waals surface area contributed by atoms with Gasteiger partial charge in [-0.1, -0.05) is 12.1 Å². The number of anilines is 2. The van der Waals surface area contributed by atoms with Gasteiger partial charge in [0.05, 0.1) is 11.7 Å². The number of rotatable bonds is 11. The number of benzene rings is 2. The van der Waals surface area contributed by atoms with Gasteiger partial charge in [-0.15, -0.1) is 11.8 Å². The monoisotopic (exact) mass is 808 g/mol. The van der Waals surface area contributed by atoms with E-state index in [2.05, 4.69) is 35.5 Å². The largest absolute Gasteiger partial charge is 0.340 e. The number of nitrogens with zero attached hydrogens (tertiary/aromatic N) is 8. The summed E-state index contributed by atoms with van der Waals surface area (Å²) in [5.74, 6) is -0.347. The number of carbonyl (C=O) groups is 4. The Hall–Kier alpha value is -5.81. The third-order valence-corrected chi connectivity index (χ3v) is 11.9. The fourth-order valence-corrected chi connectivity index (χ4v) is 8.93. The third-order valence-electron chi connectivity index (χ3n) is 10.8. The molecule has 2 fully saturated rings. The molecule has 4 amide bonds. The number of hydrogen-bond donors (Lipinski definition) is 2. The summed E-state index contributed by atoms with van der Waals surface area (Å²) in [6.45, 7) is 9.33. The highest BCUT2D eigenvalue weighted by atomic mass is 32.2. The van der Waals surface area contributed by atoms with E-state index in [4.69, 9.17) is 0 Å². The summed E-state index contributed by atoms with van der Waals surface area (Å²) in [5.41, 5.74) is 3.41.